The first kappa shape index (κ1) is 23.8. The summed E-state index contributed by atoms with van der Waals surface area (Å²) in [6.45, 7) is 9.39. The molecule has 0 N–H and O–H groups in total. The highest BCUT2D eigenvalue weighted by Gasteiger charge is 2.23. The molecule has 0 fully saturated rings. The van der Waals surface area contributed by atoms with Crippen molar-refractivity contribution in [3.05, 3.63) is 42.2 Å². The van der Waals surface area contributed by atoms with Crippen molar-refractivity contribution in [2.75, 3.05) is 31.1 Å². The van der Waals surface area contributed by atoms with Crippen molar-refractivity contribution in [1.82, 2.24) is 24.6 Å². The topological polar surface area (TPSA) is 74.6 Å². The van der Waals surface area contributed by atoms with E-state index in [9.17, 15) is 14.0 Å². The monoisotopic (exact) mass is 444 g/mol. The van der Waals surface area contributed by atoms with Crippen molar-refractivity contribution in [2.45, 2.75) is 59.2 Å². The number of anilines is 1. The largest absolute Gasteiger partial charge is 0.337 e. The molecule has 2 amide bonds. The van der Waals surface area contributed by atoms with E-state index in [0.717, 1.165) is 25.1 Å². The van der Waals surface area contributed by atoms with Gasteiger partial charge >= 0.3 is 0 Å². The number of fused-ring (bicyclic) bond motifs is 1. The van der Waals surface area contributed by atoms with Gasteiger partial charge < -0.3 is 9.80 Å². The summed E-state index contributed by atoms with van der Waals surface area (Å²) in [4.78, 5) is 35.3. The van der Waals surface area contributed by atoms with Crippen LogP contribution in [0.5, 0.6) is 0 Å². The van der Waals surface area contributed by atoms with E-state index in [2.05, 4.69) is 28.8 Å². The molecule has 9 heteroatoms. The molecule has 2 aromatic rings. The van der Waals surface area contributed by atoms with E-state index in [-0.39, 0.29) is 17.6 Å². The lowest BCUT2D eigenvalue weighted by Gasteiger charge is -2.30. The zero-order chi connectivity index (χ0) is 23.1. The molecule has 0 atom stereocenters. The van der Waals surface area contributed by atoms with Gasteiger partial charge in [0.05, 0.1) is 5.69 Å². The van der Waals surface area contributed by atoms with Crippen molar-refractivity contribution in [3.8, 4) is 0 Å². The Bertz CT molecular complexity index is 902. The number of carbonyl (C=O) groups is 2. The minimum absolute atomic E-state index is 0.0396. The Balaban J connectivity index is 1.83. The van der Waals surface area contributed by atoms with Crippen LogP contribution in [0.2, 0.25) is 0 Å². The summed E-state index contributed by atoms with van der Waals surface area (Å²) in [6, 6.07) is 4.81. The molecule has 0 saturated heterocycles. The third-order valence-corrected chi connectivity index (χ3v) is 5.89. The normalized spacial score (nSPS) is 16.0. The summed E-state index contributed by atoms with van der Waals surface area (Å²) < 4.78 is 15.8. The quantitative estimate of drug-likeness (QED) is 0.709. The van der Waals surface area contributed by atoms with Gasteiger partial charge in [-0.2, -0.15) is 5.10 Å². The Morgan fingerprint density at radius 3 is 2.66 bits per heavy atom. The van der Waals surface area contributed by atoms with E-state index in [1.165, 1.54) is 25.4 Å². The van der Waals surface area contributed by atoms with Crippen LogP contribution in [-0.2, 0) is 22.7 Å². The number of halogens is 1. The smallest absolute Gasteiger partial charge is 0.223 e. The van der Waals surface area contributed by atoms with Crippen LogP contribution in [0.4, 0.5) is 10.1 Å². The Morgan fingerprint density at radius 1 is 1.16 bits per heavy atom. The van der Waals surface area contributed by atoms with Gasteiger partial charge in [-0.05, 0) is 44.4 Å². The molecule has 0 saturated carbocycles. The number of carbonyl (C=O) groups excluding carboxylic acids is 2. The molecule has 1 aliphatic rings. The van der Waals surface area contributed by atoms with Gasteiger partial charge in [-0.25, -0.2) is 9.37 Å². The summed E-state index contributed by atoms with van der Waals surface area (Å²) in [5.41, 5.74) is 1.33. The average molecular weight is 445 g/mol. The number of benzene rings is 1. The lowest BCUT2D eigenvalue weighted by atomic mass is 10.1. The molecule has 1 aliphatic heterocycles. The standard InChI is InChI=1S/C23H33FN6O2/c1-18(2)27-9-5-11-30(19(3)31)22-14-21(24)8-7-20(22)15-28(13-12-27)23(32)6-4-10-29-17-25-16-26-29/h7-8,14,16-18H,4-6,9-13,15H2,1-3H3. The number of hydrogen-bond acceptors (Lipinski definition) is 5. The van der Waals surface area contributed by atoms with E-state index in [0.29, 0.717) is 50.7 Å². The van der Waals surface area contributed by atoms with Crippen LogP contribution >= 0.6 is 0 Å². The fraction of sp³-hybridized carbons (Fsp3) is 0.565. The van der Waals surface area contributed by atoms with Gasteiger partial charge in [-0.3, -0.25) is 19.2 Å². The number of rotatable bonds is 5. The fourth-order valence-electron chi connectivity index (χ4n) is 4.07. The molecule has 0 radical (unpaired) electrons. The zero-order valence-corrected chi connectivity index (χ0v) is 19.2. The van der Waals surface area contributed by atoms with Crippen molar-refractivity contribution in [3.63, 3.8) is 0 Å². The summed E-state index contributed by atoms with van der Waals surface area (Å²) in [7, 11) is 0. The highest BCUT2D eigenvalue weighted by atomic mass is 19.1. The second-order valence-electron chi connectivity index (χ2n) is 8.50. The van der Waals surface area contributed by atoms with Crippen LogP contribution in [0.25, 0.3) is 0 Å². The zero-order valence-electron chi connectivity index (χ0n) is 19.2. The first-order chi connectivity index (χ1) is 15.3. The average Bonchev–Trinajstić information content (AvgIpc) is 3.24. The minimum Gasteiger partial charge on any atom is -0.337 e. The third kappa shape index (κ3) is 6.35. The summed E-state index contributed by atoms with van der Waals surface area (Å²) in [5.74, 6) is -0.477. The summed E-state index contributed by atoms with van der Waals surface area (Å²) in [5, 5.41) is 4.08. The van der Waals surface area contributed by atoms with Crippen LogP contribution in [0.1, 0.15) is 45.6 Å². The second kappa shape index (κ2) is 11.2. The van der Waals surface area contributed by atoms with Gasteiger partial charge in [0.2, 0.25) is 11.8 Å². The summed E-state index contributed by atoms with van der Waals surface area (Å²) >= 11 is 0. The van der Waals surface area contributed by atoms with Gasteiger partial charge in [0.1, 0.15) is 18.5 Å². The molecule has 1 aromatic heterocycles. The van der Waals surface area contributed by atoms with Crippen molar-refractivity contribution < 1.29 is 14.0 Å². The first-order valence-electron chi connectivity index (χ1n) is 11.3. The van der Waals surface area contributed by atoms with Gasteiger partial charge in [0.25, 0.3) is 0 Å². The lowest BCUT2D eigenvalue weighted by molar-refractivity contribution is -0.132. The molecule has 0 aliphatic carbocycles. The molecule has 2 heterocycles. The fourth-order valence-corrected chi connectivity index (χ4v) is 4.07. The van der Waals surface area contributed by atoms with Crippen molar-refractivity contribution >= 4 is 17.5 Å². The first-order valence-corrected chi connectivity index (χ1v) is 11.3. The van der Waals surface area contributed by atoms with Gasteiger partial charge in [-0.1, -0.05) is 6.07 Å². The minimum atomic E-state index is -0.389. The molecule has 32 heavy (non-hydrogen) atoms. The Morgan fingerprint density at radius 2 is 1.97 bits per heavy atom. The van der Waals surface area contributed by atoms with E-state index >= 15 is 0 Å². The van der Waals surface area contributed by atoms with Gasteiger partial charge in [-0.15, -0.1) is 0 Å². The third-order valence-electron chi connectivity index (χ3n) is 5.89. The maximum absolute atomic E-state index is 14.1. The predicted molar refractivity (Wildman–Crippen MR) is 120 cm³/mol. The van der Waals surface area contributed by atoms with E-state index < -0.39 is 0 Å². The van der Waals surface area contributed by atoms with Crippen LogP contribution in [0.15, 0.2) is 30.9 Å². The van der Waals surface area contributed by atoms with Crippen LogP contribution in [0.3, 0.4) is 0 Å². The number of aryl methyl sites for hydroxylation is 1. The van der Waals surface area contributed by atoms with Gasteiger partial charge in [0.15, 0.2) is 0 Å². The molecule has 174 valence electrons. The number of nitrogens with zero attached hydrogens (tertiary/aromatic N) is 6. The molecular weight excluding hydrogens is 411 g/mol. The summed E-state index contributed by atoms with van der Waals surface area (Å²) in [6.07, 6.45) is 4.93. The molecule has 0 bridgehead atoms. The van der Waals surface area contributed by atoms with Crippen LogP contribution in [-0.4, -0.2) is 68.6 Å². The molecule has 8 nitrogen and oxygen atoms in total. The molecule has 3 rings (SSSR count). The van der Waals surface area contributed by atoms with Crippen molar-refractivity contribution in [1.29, 1.82) is 0 Å². The van der Waals surface area contributed by atoms with Gasteiger partial charge in [0, 0.05) is 58.7 Å². The highest BCUT2D eigenvalue weighted by molar-refractivity contribution is 5.92. The predicted octanol–water partition coefficient (Wildman–Crippen LogP) is 2.69. The van der Waals surface area contributed by atoms with Crippen LogP contribution < -0.4 is 4.90 Å². The highest BCUT2D eigenvalue weighted by Crippen LogP contribution is 2.25. The van der Waals surface area contributed by atoms with E-state index in [1.54, 1.807) is 22.0 Å². The Hall–Kier alpha value is -2.81. The van der Waals surface area contributed by atoms with Crippen molar-refractivity contribution in [2.24, 2.45) is 0 Å². The maximum Gasteiger partial charge on any atom is 0.223 e. The molecule has 0 unspecified atom stereocenters. The SMILES string of the molecule is CC(=O)N1CCCN(C(C)C)CCN(C(=O)CCCn2cncn2)Cc2ccc(F)cc21. The van der Waals surface area contributed by atoms with E-state index in [1.807, 2.05) is 4.90 Å². The molecular formula is C23H33FN6O2. The lowest BCUT2D eigenvalue weighted by Crippen LogP contribution is -2.41. The number of amides is 2. The van der Waals surface area contributed by atoms with Crippen LogP contribution in [0, 0.1) is 5.82 Å². The van der Waals surface area contributed by atoms with E-state index in [4.69, 9.17) is 0 Å². The number of hydrogen-bond donors (Lipinski definition) is 0. The molecule has 1 aromatic carbocycles. The molecule has 0 spiro atoms. The number of aromatic nitrogens is 3. The Kier molecular flexibility index (Phi) is 8.33. The maximum atomic E-state index is 14.1. The Labute approximate surface area is 189 Å². The second-order valence-corrected chi connectivity index (χ2v) is 8.50.